The van der Waals surface area contributed by atoms with Crippen LogP contribution in [0.1, 0.15) is 58.8 Å². The van der Waals surface area contributed by atoms with Crippen LogP contribution in [-0.4, -0.2) is 72.1 Å². The summed E-state index contributed by atoms with van der Waals surface area (Å²) >= 11 is 0. The maximum absolute atomic E-state index is 11.7. The Kier molecular flexibility index (Phi) is 7.56. The maximum Gasteiger partial charge on any atom is 0.228 e. The minimum atomic E-state index is -0.499. The van der Waals surface area contributed by atoms with Crippen molar-refractivity contribution in [3.63, 3.8) is 0 Å². The van der Waals surface area contributed by atoms with Crippen molar-refractivity contribution in [2.45, 2.75) is 64.3 Å². The van der Waals surface area contributed by atoms with Gasteiger partial charge in [-0.05, 0) is 38.8 Å². The van der Waals surface area contributed by atoms with Crippen molar-refractivity contribution in [1.29, 1.82) is 0 Å². The number of ketones is 2. The van der Waals surface area contributed by atoms with E-state index in [4.69, 9.17) is 0 Å². The molecule has 0 aliphatic carbocycles. The number of Topliss-reactive ketones (excluding diaryl/α,β-unsaturated/α-hetero) is 2. The van der Waals surface area contributed by atoms with Crippen molar-refractivity contribution >= 4 is 17.5 Å². The molecule has 1 N–H and O–H groups in total. The van der Waals surface area contributed by atoms with Gasteiger partial charge in [0, 0.05) is 39.0 Å². The summed E-state index contributed by atoms with van der Waals surface area (Å²) in [6.45, 7) is 10.4. The van der Waals surface area contributed by atoms with Crippen LogP contribution in [0.5, 0.6) is 0 Å². The third-order valence-corrected chi connectivity index (χ3v) is 5.44. The molecule has 6 nitrogen and oxygen atoms in total. The highest BCUT2D eigenvalue weighted by molar-refractivity contribution is 6.10. The Morgan fingerprint density at radius 2 is 1.40 bits per heavy atom. The fourth-order valence-corrected chi connectivity index (χ4v) is 3.92. The minimum Gasteiger partial charge on any atom is -0.343 e. The molecule has 0 aromatic heterocycles. The summed E-state index contributed by atoms with van der Waals surface area (Å²) in [5, 5.41) is 2.87. The van der Waals surface area contributed by atoms with Gasteiger partial charge in [0.1, 0.15) is 11.3 Å². The van der Waals surface area contributed by atoms with E-state index in [1.54, 1.807) is 0 Å². The minimum absolute atomic E-state index is 0.0910. The van der Waals surface area contributed by atoms with E-state index in [1.807, 2.05) is 0 Å². The highest BCUT2D eigenvalue weighted by Gasteiger charge is 2.47. The number of hydrogen-bond acceptors (Lipinski definition) is 5. The van der Waals surface area contributed by atoms with E-state index in [2.05, 4.69) is 29.0 Å². The van der Waals surface area contributed by atoms with Crippen molar-refractivity contribution in [2.24, 2.45) is 0 Å². The van der Waals surface area contributed by atoms with E-state index in [0.29, 0.717) is 5.78 Å². The molecule has 3 fully saturated rings. The molecule has 0 aromatic rings. The molecule has 142 valence electrons. The molecule has 3 aliphatic rings. The van der Waals surface area contributed by atoms with Crippen LogP contribution in [0, 0.1) is 0 Å². The van der Waals surface area contributed by atoms with E-state index in [9.17, 15) is 14.4 Å². The number of hydrogen-bond donors (Lipinski definition) is 1. The number of carbonyl (C=O) groups excluding carboxylic acids is 3. The first-order chi connectivity index (χ1) is 12.0. The van der Waals surface area contributed by atoms with Gasteiger partial charge >= 0.3 is 0 Å². The Balaban J connectivity index is 0.000000196. The number of amides is 1. The van der Waals surface area contributed by atoms with Gasteiger partial charge in [-0.2, -0.15) is 0 Å². The number of piperidine rings is 2. The van der Waals surface area contributed by atoms with Crippen LogP contribution >= 0.6 is 0 Å². The summed E-state index contributed by atoms with van der Waals surface area (Å²) in [5.41, 5.74) is -0.499. The fourth-order valence-electron chi connectivity index (χ4n) is 3.92. The molecule has 3 saturated heterocycles. The topological polar surface area (TPSA) is 69.7 Å². The lowest BCUT2D eigenvalue weighted by molar-refractivity contribution is -0.124. The first-order valence-corrected chi connectivity index (χ1v) is 9.80. The molecule has 3 heterocycles. The molecule has 0 unspecified atom stereocenters. The van der Waals surface area contributed by atoms with Gasteiger partial charge < -0.3 is 15.1 Å². The van der Waals surface area contributed by atoms with E-state index >= 15 is 0 Å². The SMILES string of the molecule is CCCN1CCC(=O)CC1.CCCN1CCC2(CC1)NC(=O)CC2=O. The molecule has 25 heavy (non-hydrogen) atoms. The monoisotopic (exact) mass is 351 g/mol. The number of nitrogens with zero attached hydrogens (tertiary/aromatic N) is 2. The van der Waals surface area contributed by atoms with Crippen molar-refractivity contribution in [3.8, 4) is 0 Å². The highest BCUT2D eigenvalue weighted by atomic mass is 16.2. The Morgan fingerprint density at radius 1 is 0.880 bits per heavy atom. The predicted octanol–water partition coefficient (Wildman–Crippen LogP) is 1.38. The second-order valence-corrected chi connectivity index (χ2v) is 7.45. The quantitative estimate of drug-likeness (QED) is 0.775. The van der Waals surface area contributed by atoms with Gasteiger partial charge in [-0.3, -0.25) is 14.4 Å². The summed E-state index contributed by atoms with van der Waals surface area (Å²) in [7, 11) is 0. The summed E-state index contributed by atoms with van der Waals surface area (Å²) in [6.07, 6.45) is 5.57. The molecule has 0 atom stereocenters. The maximum atomic E-state index is 11.7. The van der Waals surface area contributed by atoms with Crippen LogP contribution < -0.4 is 5.32 Å². The first kappa shape index (κ1) is 20.0. The van der Waals surface area contributed by atoms with Crippen molar-refractivity contribution in [3.05, 3.63) is 0 Å². The van der Waals surface area contributed by atoms with Crippen LogP contribution in [0.3, 0.4) is 0 Å². The normalized spacial score (nSPS) is 24.2. The van der Waals surface area contributed by atoms with Crippen LogP contribution in [0.2, 0.25) is 0 Å². The predicted molar refractivity (Wildman–Crippen MR) is 97.4 cm³/mol. The average Bonchev–Trinajstić information content (AvgIpc) is 2.86. The number of nitrogens with one attached hydrogen (secondary N) is 1. The molecule has 3 rings (SSSR count). The Hall–Kier alpha value is -1.27. The second-order valence-electron chi connectivity index (χ2n) is 7.45. The Bertz CT molecular complexity index is 474. The molecule has 0 saturated carbocycles. The number of carbonyl (C=O) groups is 3. The third-order valence-electron chi connectivity index (χ3n) is 5.44. The van der Waals surface area contributed by atoms with E-state index in [1.165, 1.54) is 6.42 Å². The zero-order chi connectivity index (χ0) is 18.3. The van der Waals surface area contributed by atoms with Gasteiger partial charge in [0.25, 0.3) is 0 Å². The molecule has 0 bridgehead atoms. The van der Waals surface area contributed by atoms with Crippen molar-refractivity contribution in [1.82, 2.24) is 15.1 Å². The number of rotatable bonds is 4. The zero-order valence-electron chi connectivity index (χ0n) is 15.8. The van der Waals surface area contributed by atoms with Crippen LogP contribution in [-0.2, 0) is 14.4 Å². The van der Waals surface area contributed by atoms with Gasteiger partial charge in [0.05, 0.1) is 6.42 Å². The summed E-state index contributed by atoms with van der Waals surface area (Å²) in [6, 6.07) is 0. The lowest BCUT2D eigenvalue weighted by Gasteiger charge is -2.37. The summed E-state index contributed by atoms with van der Waals surface area (Å²) < 4.78 is 0. The van der Waals surface area contributed by atoms with Crippen LogP contribution in [0.25, 0.3) is 0 Å². The standard InChI is InChI=1S/C11H18N2O2.C8H15NO/c1-2-5-13-6-3-11(4-7-13)9(14)8-10(15)12-11;1-2-5-9-6-3-8(10)4-7-9/h2-8H2,1H3,(H,12,15);2-7H2,1H3. The van der Waals surface area contributed by atoms with Crippen molar-refractivity contribution in [2.75, 3.05) is 39.3 Å². The first-order valence-electron chi connectivity index (χ1n) is 9.80. The number of likely N-dealkylation sites (tertiary alicyclic amines) is 2. The zero-order valence-corrected chi connectivity index (χ0v) is 15.8. The van der Waals surface area contributed by atoms with Crippen molar-refractivity contribution < 1.29 is 14.4 Å². The van der Waals surface area contributed by atoms with Gasteiger partial charge in [-0.1, -0.05) is 13.8 Å². The molecule has 1 amide bonds. The fraction of sp³-hybridized carbons (Fsp3) is 0.842. The molecule has 3 aliphatic heterocycles. The lowest BCUT2D eigenvalue weighted by Crippen LogP contribution is -2.54. The summed E-state index contributed by atoms with van der Waals surface area (Å²) in [4.78, 5) is 38.4. The van der Waals surface area contributed by atoms with E-state index in [0.717, 1.165) is 71.4 Å². The molecule has 0 aromatic carbocycles. The highest BCUT2D eigenvalue weighted by Crippen LogP contribution is 2.28. The third kappa shape index (κ3) is 5.61. The lowest BCUT2D eigenvalue weighted by atomic mass is 9.85. The van der Waals surface area contributed by atoms with Crippen LogP contribution in [0.4, 0.5) is 0 Å². The summed E-state index contributed by atoms with van der Waals surface area (Å²) in [5.74, 6) is 0.444. The molecule has 1 spiro atoms. The molecule has 6 heteroatoms. The van der Waals surface area contributed by atoms with Gasteiger partial charge in [-0.25, -0.2) is 0 Å². The van der Waals surface area contributed by atoms with Crippen LogP contribution in [0.15, 0.2) is 0 Å². The smallest absolute Gasteiger partial charge is 0.228 e. The molecular formula is C19H33N3O3. The Morgan fingerprint density at radius 3 is 1.84 bits per heavy atom. The van der Waals surface area contributed by atoms with E-state index in [-0.39, 0.29) is 18.1 Å². The van der Waals surface area contributed by atoms with E-state index < -0.39 is 5.54 Å². The molecular weight excluding hydrogens is 318 g/mol. The van der Waals surface area contributed by atoms with Gasteiger partial charge in [-0.15, -0.1) is 0 Å². The van der Waals surface area contributed by atoms with Gasteiger partial charge in [0.15, 0.2) is 5.78 Å². The average molecular weight is 351 g/mol. The molecule has 0 radical (unpaired) electrons. The largest absolute Gasteiger partial charge is 0.343 e. The van der Waals surface area contributed by atoms with Gasteiger partial charge in [0.2, 0.25) is 5.91 Å². The second kappa shape index (κ2) is 9.43. The Labute approximate surface area is 151 Å².